The SMILES string of the molecule is C=C/C=C\N=C(/C(=C)C=C)c1ncccc1C=C. The molecule has 1 rings (SSSR count). The highest BCUT2D eigenvalue weighted by molar-refractivity contribution is 6.14. The van der Waals surface area contributed by atoms with Crippen LogP contribution in [0.5, 0.6) is 0 Å². The van der Waals surface area contributed by atoms with Gasteiger partial charge in [0.05, 0.1) is 11.4 Å². The molecular weight excluding hydrogens is 220 g/mol. The Morgan fingerprint density at radius 3 is 2.67 bits per heavy atom. The van der Waals surface area contributed by atoms with Gasteiger partial charge < -0.3 is 0 Å². The van der Waals surface area contributed by atoms with Gasteiger partial charge >= 0.3 is 0 Å². The van der Waals surface area contributed by atoms with E-state index in [9.17, 15) is 0 Å². The van der Waals surface area contributed by atoms with Gasteiger partial charge in [-0.05, 0) is 17.7 Å². The first-order valence-corrected chi connectivity index (χ1v) is 5.49. The van der Waals surface area contributed by atoms with Crippen molar-refractivity contribution in [1.82, 2.24) is 4.98 Å². The summed E-state index contributed by atoms with van der Waals surface area (Å²) in [6.07, 6.45) is 10.2. The Morgan fingerprint density at radius 1 is 1.28 bits per heavy atom. The molecule has 0 bridgehead atoms. The molecule has 0 saturated heterocycles. The van der Waals surface area contributed by atoms with Crippen molar-refractivity contribution >= 4 is 11.8 Å². The molecule has 0 aliphatic rings. The minimum absolute atomic E-state index is 0.679. The highest BCUT2D eigenvalue weighted by atomic mass is 14.8. The molecule has 2 heteroatoms. The number of nitrogens with zero attached hydrogens (tertiary/aromatic N) is 2. The smallest absolute Gasteiger partial charge is 0.0964 e. The van der Waals surface area contributed by atoms with Gasteiger partial charge in [-0.15, -0.1) is 0 Å². The van der Waals surface area contributed by atoms with Crippen molar-refractivity contribution in [2.75, 3.05) is 0 Å². The number of allylic oxidation sites excluding steroid dienone is 4. The van der Waals surface area contributed by atoms with Gasteiger partial charge in [-0.1, -0.05) is 50.6 Å². The Bertz CT molecular complexity index is 534. The maximum absolute atomic E-state index is 4.35. The highest BCUT2D eigenvalue weighted by Gasteiger charge is 2.09. The molecule has 0 aliphatic heterocycles. The minimum Gasteiger partial charge on any atom is -0.254 e. The molecule has 18 heavy (non-hydrogen) atoms. The van der Waals surface area contributed by atoms with Crippen LogP contribution < -0.4 is 0 Å². The van der Waals surface area contributed by atoms with E-state index in [0.29, 0.717) is 11.3 Å². The van der Waals surface area contributed by atoms with Crippen molar-refractivity contribution < 1.29 is 0 Å². The summed E-state index contributed by atoms with van der Waals surface area (Å²) in [5.74, 6) is 0. The lowest BCUT2D eigenvalue weighted by Gasteiger charge is -2.07. The molecule has 90 valence electrons. The Hall–Kier alpha value is -2.48. The van der Waals surface area contributed by atoms with E-state index in [0.717, 1.165) is 11.3 Å². The average molecular weight is 236 g/mol. The van der Waals surface area contributed by atoms with E-state index in [2.05, 4.69) is 36.3 Å². The number of pyridine rings is 1. The first kappa shape index (κ1) is 13.6. The average Bonchev–Trinajstić information content (AvgIpc) is 2.43. The fourth-order valence-electron chi connectivity index (χ4n) is 1.35. The van der Waals surface area contributed by atoms with Crippen molar-refractivity contribution in [3.8, 4) is 0 Å². The maximum Gasteiger partial charge on any atom is 0.0964 e. The number of hydrogen-bond donors (Lipinski definition) is 0. The molecule has 0 aliphatic carbocycles. The van der Waals surface area contributed by atoms with Gasteiger partial charge in [-0.25, -0.2) is 0 Å². The van der Waals surface area contributed by atoms with Gasteiger partial charge in [0.25, 0.3) is 0 Å². The predicted octanol–water partition coefficient (Wildman–Crippen LogP) is 3.96. The summed E-state index contributed by atoms with van der Waals surface area (Å²) >= 11 is 0. The molecule has 2 nitrogen and oxygen atoms in total. The fourth-order valence-corrected chi connectivity index (χ4v) is 1.35. The molecule has 1 aromatic heterocycles. The third kappa shape index (κ3) is 3.25. The van der Waals surface area contributed by atoms with Gasteiger partial charge in [-0.2, -0.15) is 0 Å². The summed E-state index contributed by atoms with van der Waals surface area (Å²) in [5.41, 5.74) is 3.04. The quantitative estimate of drug-likeness (QED) is 0.542. The molecule has 0 atom stereocenters. The van der Waals surface area contributed by atoms with E-state index in [1.807, 2.05) is 12.1 Å². The van der Waals surface area contributed by atoms with E-state index in [1.165, 1.54) is 0 Å². The second kappa shape index (κ2) is 6.97. The lowest BCUT2D eigenvalue weighted by Crippen LogP contribution is -2.07. The maximum atomic E-state index is 4.35. The van der Waals surface area contributed by atoms with Crippen LogP contribution in [0, 0.1) is 0 Å². The summed E-state index contributed by atoms with van der Waals surface area (Å²) in [5, 5.41) is 0. The predicted molar refractivity (Wildman–Crippen MR) is 79.5 cm³/mol. The van der Waals surface area contributed by atoms with Crippen LogP contribution in [0.15, 0.2) is 79.6 Å². The van der Waals surface area contributed by atoms with Crippen molar-refractivity contribution in [3.63, 3.8) is 0 Å². The molecule has 0 amide bonds. The topological polar surface area (TPSA) is 25.2 Å². The van der Waals surface area contributed by atoms with Crippen LogP contribution >= 0.6 is 0 Å². The van der Waals surface area contributed by atoms with Crippen LogP contribution in [0.1, 0.15) is 11.3 Å². The zero-order valence-electron chi connectivity index (χ0n) is 10.3. The summed E-state index contributed by atoms with van der Waals surface area (Å²) in [7, 11) is 0. The zero-order chi connectivity index (χ0) is 13.4. The van der Waals surface area contributed by atoms with Crippen LogP contribution in [0.3, 0.4) is 0 Å². The third-order valence-corrected chi connectivity index (χ3v) is 2.26. The molecule has 0 saturated carbocycles. The van der Waals surface area contributed by atoms with Crippen LogP contribution in [-0.4, -0.2) is 10.7 Å². The lowest BCUT2D eigenvalue weighted by atomic mass is 10.0. The summed E-state index contributed by atoms with van der Waals surface area (Å²) in [6, 6.07) is 3.78. The van der Waals surface area contributed by atoms with E-state index in [1.54, 1.807) is 36.7 Å². The first-order valence-electron chi connectivity index (χ1n) is 5.49. The number of aromatic nitrogens is 1. The van der Waals surface area contributed by atoms with E-state index >= 15 is 0 Å². The van der Waals surface area contributed by atoms with Crippen LogP contribution in [0.4, 0.5) is 0 Å². The second-order valence-corrected chi connectivity index (χ2v) is 3.43. The molecule has 1 aromatic rings. The molecule has 0 radical (unpaired) electrons. The molecule has 0 unspecified atom stereocenters. The normalized spacial score (nSPS) is 11.2. The fraction of sp³-hybridized carbons (Fsp3) is 0. The Balaban J connectivity index is 3.34. The highest BCUT2D eigenvalue weighted by Crippen LogP contribution is 2.13. The largest absolute Gasteiger partial charge is 0.254 e. The number of aliphatic imine (C=N–C) groups is 1. The molecule has 0 aromatic carbocycles. The summed E-state index contributed by atoms with van der Waals surface area (Å²) in [4.78, 5) is 8.67. The number of hydrogen-bond acceptors (Lipinski definition) is 2. The van der Waals surface area contributed by atoms with Crippen molar-refractivity contribution in [2.24, 2.45) is 4.99 Å². The van der Waals surface area contributed by atoms with E-state index in [4.69, 9.17) is 0 Å². The molecule has 0 spiro atoms. The Labute approximate surface area is 108 Å². The van der Waals surface area contributed by atoms with Gasteiger partial charge in [0.2, 0.25) is 0 Å². The Kier molecular flexibility index (Phi) is 5.26. The van der Waals surface area contributed by atoms with Crippen molar-refractivity contribution in [2.45, 2.75) is 0 Å². The van der Waals surface area contributed by atoms with E-state index < -0.39 is 0 Å². The van der Waals surface area contributed by atoms with Gasteiger partial charge in [0.1, 0.15) is 0 Å². The van der Waals surface area contributed by atoms with Gasteiger partial charge in [0, 0.05) is 18.0 Å². The number of rotatable bonds is 6. The lowest BCUT2D eigenvalue weighted by molar-refractivity contribution is 1.27. The van der Waals surface area contributed by atoms with Crippen LogP contribution in [-0.2, 0) is 0 Å². The van der Waals surface area contributed by atoms with Crippen molar-refractivity contribution in [1.29, 1.82) is 0 Å². The summed E-state index contributed by atoms with van der Waals surface area (Å²) < 4.78 is 0. The molecule has 1 heterocycles. The van der Waals surface area contributed by atoms with Gasteiger partial charge in [-0.3, -0.25) is 9.98 Å². The zero-order valence-corrected chi connectivity index (χ0v) is 10.3. The summed E-state index contributed by atoms with van der Waals surface area (Å²) in [6.45, 7) is 15.0. The molecular formula is C16H16N2. The van der Waals surface area contributed by atoms with Crippen LogP contribution in [0.2, 0.25) is 0 Å². The second-order valence-electron chi connectivity index (χ2n) is 3.43. The standard InChI is InChI=1S/C16H16N2/c1-5-8-11-17-15(13(4)6-2)16-14(7-3)10-9-12-18-16/h5-12H,1-4H2/b11-8-,17-15+. The minimum atomic E-state index is 0.679. The van der Waals surface area contributed by atoms with Crippen LogP contribution in [0.25, 0.3) is 6.08 Å². The third-order valence-electron chi connectivity index (χ3n) is 2.26. The van der Waals surface area contributed by atoms with Gasteiger partial charge in [0.15, 0.2) is 0 Å². The van der Waals surface area contributed by atoms with Crippen molar-refractivity contribution in [3.05, 3.63) is 85.9 Å². The molecule has 0 N–H and O–H groups in total. The first-order chi connectivity index (χ1) is 8.74. The Morgan fingerprint density at radius 2 is 2.06 bits per heavy atom. The molecule has 0 fully saturated rings. The monoisotopic (exact) mass is 236 g/mol. The van der Waals surface area contributed by atoms with E-state index in [-0.39, 0.29) is 0 Å².